The van der Waals surface area contributed by atoms with Crippen LogP contribution in [0.5, 0.6) is 0 Å². The molecule has 0 aliphatic carbocycles. The first-order valence-corrected chi connectivity index (χ1v) is 14.1. The Balaban J connectivity index is 2.09. The van der Waals surface area contributed by atoms with E-state index in [4.69, 9.17) is 0 Å². The van der Waals surface area contributed by atoms with Crippen LogP contribution in [0.2, 0.25) is 0 Å². The van der Waals surface area contributed by atoms with Gasteiger partial charge in [0.2, 0.25) is 11.8 Å². The molecule has 0 fully saturated rings. The molecular weight excluding hydrogens is 519 g/mol. The molecule has 1 atom stereocenters. The van der Waals surface area contributed by atoms with Gasteiger partial charge in [0.15, 0.2) is 0 Å². The van der Waals surface area contributed by atoms with E-state index in [2.05, 4.69) is 5.32 Å². The van der Waals surface area contributed by atoms with Gasteiger partial charge in [0.05, 0.1) is 5.69 Å². The lowest BCUT2D eigenvalue weighted by atomic mass is 10.0. The van der Waals surface area contributed by atoms with E-state index in [0.29, 0.717) is 6.54 Å². The normalized spacial score (nSPS) is 12.2. The standard InChI is InChI=1S/C29H35FN4O4S/c1-5-31-29(36)27(19-23-13-7-6-8-14-23)33(20-24-15-11-12-22(2)18-24)28(35)21-34(39(37,38)32(3)4)26-17-10-9-16-25(26)30/h6-18,27H,5,19-21H2,1-4H3,(H,31,36)/t27-/m1/s1. The molecule has 0 heterocycles. The van der Waals surface area contributed by atoms with Crippen molar-refractivity contribution in [3.05, 3.63) is 101 Å². The van der Waals surface area contributed by atoms with Crippen LogP contribution in [-0.4, -0.2) is 62.7 Å². The lowest BCUT2D eigenvalue weighted by Gasteiger charge is -2.34. The first-order chi connectivity index (χ1) is 18.5. The Morgan fingerprint density at radius 2 is 1.56 bits per heavy atom. The van der Waals surface area contributed by atoms with Crippen molar-refractivity contribution in [2.24, 2.45) is 0 Å². The van der Waals surface area contributed by atoms with Gasteiger partial charge in [0, 0.05) is 33.6 Å². The number of rotatable bonds is 12. The van der Waals surface area contributed by atoms with Crippen LogP contribution in [-0.2, 0) is 32.8 Å². The smallest absolute Gasteiger partial charge is 0.304 e. The second-order valence-corrected chi connectivity index (χ2v) is 11.4. The molecule has 0 unspecified atom stereocenters. The van der Waals surface area contributed by atoms with Gasteiger partial charge in [0.1, 0.15) is 18.4 Å². The Kier molecular flexibility index (Phi) is 10.2. The molecule has 3 aromatic carbocycles. The van der Waals surface area contributed by atoms with Gasteiger partial charge in [-0.25, -0.2) is 8.70 Å². The van der Waals surface area contributed by atoms with Crippen LogP contribution >= 0.6 is 0 Å². The minimum absolute atomic E-state index is 0.0578. The van der Waals surface area contributed by atoms with E-state index in [1.54, 1.807) is 6.92 Å². The molecule has 10 heteroatoms. The first kappa shape index (κ1) is 29.8. The zero-order valence-corrected chi connectivity index (χ0v) is 23.5. The predicted octanol–water partition coefficient (Wildman–Crippen LogP) is 3.52. The van der Waals surface area contributed by atoms with Crippen molar-refractivity contribution in [3.63, 3.8) is 0 Å². The molecular formula is C29H35FN4O4S. The van der Waals surface area contributed by atoms with Gasteiger partial charge in [-0.05, 0) is 37.1 Å². The van der Waals surface area contributed by atoms with Crippen molar-refractivity contribution in [3.8, 4) is 0 Å². The zero-order chi connectivity index (χ0) is 28.6. The number of anilines is 1. The van der Waals surface area contributed by atoms with Crippen LogP contribution in [0.3, 0.4) is 0 Å². The van der Waals surface area contributed by atoms with Crippen LogP contribution in [0.4, 0.5) is 10.1 Å². The minimum atomic E-state index is -4.26. The Morgan fingerprint density at radius 3 is 2.18 bits per heavy atom. The number of hydrogen-bond acceptors (Lipinski definition) is 4. The lowest BCUT2D eigenvalue weighted by molar-refractivity contribution is -0.140. The largest absolute Gasteiger partial charge is 0.355 e. The fourth-order valence-electron chi connectivity index (χ4n) is 4.21. The predicted molar refractivity (Wildman–Crippen MR) is 151 cm³/mol. The van der Waals surface area contributed by atoms with Crippen molar-refractivity contribution in [2.45, 2.75) is 32.9 Å². The summed E-state index contributed by atoms with van der Waals surface area (Å²) in [6.07, 6.45) is 0.213. The molecule has 0 aromatic heterocycles. The molecule has 0 bridgehead atoms. The number of likely N-dealkylation sites (N-methyl/N-ethyl adjacent to an activating group) is 1. The molecule has 8 nitrogen and oxygen atoms in total. The van der Waals surface area contributed by atoms with Gasteiger partial charge in [-0.2, -0.15) is 12.7 Å². The van der Waals surface area contributed by atoms with Crippen LogP contribution < -0.4 is 9.62 Å². The molecule has 0 aliphatic rings. The summed E-state index contributed by atoms with van der Waals surface area (Å²) < 4.78 is 43.1. The fraction of sp³-hybridized carbons (Fsp3) is 0.310. The number of benzene rings is 3. The molecule has 3 aromatic rings. The van der Waals surface area contributed by atoms with Crippen molar-refractivity contribution in [1.82, 2.24) is 14.5 Å². The monoisotopic (exact) mass is 554 g/mol. The number of nitrogens with one attached hydrogen (secondary N) is 1. The maximum Gasteiger partial charge on any atom is 0.304 e. The van der Waals surface area contributed by atoms with E-state index < -0.39 is 34.5 Å². The highest BCUT2D eigenvalue weighted by Gasteiger charge is 2.35. The molecule has 39 heavy (non-hydrogen) atoms. The number of aryl methyl sites for hydroxylation is 1. The van der Waals surface area contributed by atoms with E-state index in [-0.39, 0.29) is 24.6 Å². The summed E-state index contributed by atoms with van der Waals surface area (Å²) in [5.41, 5.74) is 2.33. The third-order valence-electron chi connectivity index (χ3n) is 6.20. The van der Waals surface area contributed by atoms with E-state index in [1.807, 2.05) is 61.5 Å². The molecule has 0 radical (unpaired) electrons. The maximum absolute atomic E-state index is 14.8. The van der Waals surface area contributed by atoms with Crippen molar-refractivity contribution < 1.29 is 22.4 Å². The van der Waals surface area contributed by atoms with Crippen molar-refractivity contribution >= 4 is 27.7 Å². The number of carbonyl (C=O) groups is 2. The molecule has 208 valence electrons. The molecule has 2 amide bonds. The molecule has 0 saturated carbocycles. The van der Waals surface area contributed by atoms with Crippen LogP contribution in [0.25, 0.3) is 0 Å². The third kappa shape index (κ3) is 7.64. The van der Waals surface area contributed by atoms with E-state index >= 15 is 0 Å². The second kappa shape index (κ2) is 13.3. The van der Waals surface area contributed by atoms with Crippen LogP contribution in [0.15, 0.2) is 78.9 Å². The number of amides is 2. The number of para-hydroxylation sites is 1. The fourth-order valence-corrected chi connectivity index (χ4v) is 5.27. The Morgan fingerprint density at radius 1 is 0.923 bits per heavy atom. The van der Waals surface area contributed by atoms with Crippen LogP contribution in [0.1, 0.15) is 23.6 Å². The maximum atomic E-state index is 14.8. The highest BCUT2D eigenvalue weighted by Crippen LogP contribution is 2.24. The molecule has 3 rings (SSSR count). The summed E-state index contributed by atoms with van der Waals surface area (Å²) in [4.78, 5) is 28.8. The Hall–Kier alpha value is -3.76. The lowest BCUT2D eigenvalue weighted by Crippen LogP contribution is -2.54. The van der Waals surface area contributed by atoms with Gasteiger partial charge >= 0.3 is 10.2 Å². The van der Waals surface area contributed by atoms with Crippen LogP contribution in [0, 0.1) is 12.7 Å². The summed E-state index contributed by atoms with van der Waals surface area (Å²) in [5.74, 6) is -1.79. The summed E-state index contributed by atoms with van der Waals surface area (Å²) in [6.45, 7) is 3.42. The van der Waals surface area contributed by atoms with Crippen molar-refractivity contribution in [1.29, 1.82) is 0 Å². The summed E-state index contributed by atoms with van der Waals surface area (Å²) >= 11 is 0. The summed E-state index contributed by atoms with van der Waals surface area (Å²) in [7, 11) is -1.64. The Bertz CT molecular complexity index is 1380. The number of hydrogen-bond donors (Lipinski definition) is 1. The van der Waals surface area contributed by atoms with Gasteiger partial charge in [-0.1, -0.05) is 72.3 Å². The number of carbonyl (C=O) groups excluding carboxylic acids is 2. The molecule has 0 aliphatic heterocycles. The Labute approximate surface area is 230 Å². The van der Waals surface area contributed by atoms with Gasteiger partial charge < -0.3 is 10.2 Å². The quantitative estimate of drug-likeness (QED) is 0.371. The first-order valence-electron chi connectivity index (χ1n) is 12.7. The third-order valence-corrected chi connectivity index (χ3v) is 8.00. The highest BCUT2D eigenvalue weighted by atomic mass is 32.2. The van der Waals surface area contributed by atoms with Crippen molar-refractivity contribution in [2.75, 3.05) is 31.5 Å². The highest BCUT2D eigenvalue weighted by molar-refractivity contribution is 7.90. The summed E-state index contributed by atoms with van der Waals surface area (Å²) in [5, 5.41) is 2.81. The van der Waals surface area contributed by atoms with Gasteiger partial charge in [0.25, 0.3) is 0 Å². The molecule has 1 N–H and O–H groups in total. The number of halogens is 1. The van der Waals surface area contributed by atoms with Gasteiger partial charge in [-0.15, -0.1) is 0 Å². The minimum Gasteiger partial charge on any atom is -0.355 e. The van der Waals surface area contributed by atoms with Gasteiger partial charge in [-0.3, -0.25) is 9.59 Å². The SMILES string of the molecule is CCNC(=O)[C@@H](Cc1ccccc1)N(Cc1cccc(C)c1)C(=O)CN(c1ccccc1F)S(=O)(=O)N(C)C. The zero-order valence-electron chi connectivity index (χ0n) is 22.7. The molecule has 0 saturated heterocycles. The van der Waals surface area contributed by atoms with E-state index in [0.717, 1.165) is 31.4 Å². The average molecular weight is 555 g/mol. The second-order valence-electron chi connectivity index (χ2n) is 9.36. The topological polar surface area (TPSA) is 90.0 Å². The average Bonchev–Trinajstić information content (AvgIpc) is 2.90. The van der Waals surface area contributed by atoms with E-state index in [1.165, 1.54) is 37.2 Å². The molecule has 0 spiro atoms. The van der Waals surface area contributed by atoms with E-state index in [9.17, 15) is 22.4 Å². The summed E-state index contributed by atoms with van der Waals surface area (Å²) in [6, 6.07) is 21.2. The number of nitrogens with zero attached hydrogens (tertiary/aromatic N) is 3.